The van der Waals surface area contributed by atoms with Gasteiger partial charge >= 0.3 is 0 Å². The molecule has 0 spiro atoms. The molecule has 0 atom stereocenters. The summed E-state index contributed by atoms with van der Waals surface area (Å²) in [5, 5.41) is 0. The highest BCUT2D eigenvalue weighted by Gasteiger charge is 2.45. The van der Waals surface area contributed by atoms with Crippen molar-refractivity contribution in [1.29, 1.82) is 0 Å². The first-order valence-electron chi connectivity index (χ1n) is 12.7. The molecule has 0 aromatic heterocycles. The van der Waals surface area contributed by atoms with E-state index >= 15 is 0 Å². The van der Waals surface area contributed by atoms with E-state index in [0.29, 0.717) is 0 Å². The van der Waals surface area contributed by atoms with Crippen LogP contribution >= 0.6 is 0 Å². The number of methoxy groups -OCH3 is 2. The molecule has 6 rings (SSSR count). The average molecular weight is 497 g/mol. The van der Waals surface area contributed by atoms with Crippen LogP contribution in [-0.4, -0.2) is 14.2 Å². The van der Waals surface area contributed by atoms with Gasteiger partial charge in [-0.25, -0.2) is 0 Å². The molecule has 1 aliphatic rings. The third kappa shape index (κ3) is 3.93. The largest absolute Gasteiger partial charge is 0.497 e. The molecular formula is C35H28O3. The first kappa shape index (κ1) is 23.6. The highest BCUT2D eigenvalue weighted by molar-refractivity contribution is 5.99. The highest BCUT2D eigenvalue weighted by atomic mass is 16.5. The van der Waals surface area contributed by atoms with Gasteiger partial charge in [0.1, 0.15) is 17.3 Å². The van der Waals surface area contributed by atoms with Gasteiger partial charge in [-0.15, -0.1) is 0 Å². The molecule has 5 aromatic carbocycles. The van der Waals surface area contributed by atoms with E-state index in [4.69, 9.17) is 14.2 Å². The van der Waals surface area contributed by atoms with Crippen LogP contribution < -0.4 is 9.47 Å². The first-order chi connectivity index (χ1) is 18.7. The fraction of sp³-hybridized carbons (Fsp3) is 0.0857. The first-order valence-corrected chi connectivity index (χ1v) is 12.7. The van der Waals surface area contributed by atoms with Gasteiger partial charge in [-0.2, -0.15) is 0 Å². The number of rotatable bonds is 6. The topological polar surface area (TPSA) is 27.7 Å². The minimum Gasteiger partial charge on any atom is -0.497 e. The molecule has 0 N–H and O–H groups in total. The van der Waals surface area contributed by atoms with Crippen molar-refractivity contribution in [3.8, 4) is 11.5 Å². The lowest BCUT2D eigenvalue weighted by Crippen LogP contribution is -2.36. The van der Waals surface area contributed by atoms with Crippen LogP contribution in [-0.2, 0) is 10.3 Å². The predicted molar refractivity (Wildman–Crippen MR) is 152 cm³/mol. The Kier molecular flexibility index (Phi) is 6.19. The fourth-order valence-electron chi connectivity index (χ4n) is 5.32. The summed E-state index contributed by atoms with van der Waals surface area (Å²) in [6.07, 6.45) is 0. The standard InChI is InChI=1S/C35H28O3/c1-36-29-21-17-25(18-22-29)33-31-15-9-10-16-32(31)35(27-11-5-3-6-12-27,28-13-7-4-8-14-28)38-34(33)26-19-23-30(37-2)24-20-26/h3-24H,1-2H3. The van der Waals surface area contributed by atoms with Crippen molar-refractivity contribution in [2.45, 2.75) is 5.60 Å². The third-order valence-electron chi connectivity index (χ3n) is 7.15. The van der Waals surface area contributed by atoms with Gasteiger partial charge in [0.15, 0.2) is 5.60 Å². The summed E-state index contributed by atoms with van der Waals surface area (Å²) in [4.78, 5) is 0. The Balaban J connectivity index is 1.70. The van der Waals surface area contributed by atoms with E-state index in [1.807, 2.05) is 36.4 Å². The van der Waals surface area contributed by atoms with Gasteiger partial charge in [-0.1, -0.05) is 97.1 Å². The predicted octanol–water partition coefficient (Wildman–Crippen LogP) is 7.94. The molecule has 3 nitrogen and oxygen atoms in total. The molecule has 0 aliphatic carbocycles. The van der Waals surface area contributed by atoms with Crippen molar-refractivity contribution < 1.29 is 14.2 Å². The Hall–Kier alpha value is -4.76. The van der Waals surface area contributed by atoms with E-state index in [1.165, 1.54) is 0 Å². The highest BCUT2D eigenvalue weighted by Crippen LogP contribution is 2.52. The van der Waals surface area contributed by atoms with E-state index in [2.05, 4.69) is 97.1 Å². The molecule has 38 heavy (non-hydrogen) atoms. The maximum Gasteiger partial charge on any atom is 0.185 e. The number of hydrogen-bond donors (Lipinski definition) is 0. The van der Waals surface area contributed by atoms with Gasteiger partial charge in [0.25, 0.3) is 0 Å². The SMILES string of the molecule is COc1ccc(C2=C(c3ccc(OC)cc3)c3ccccc3C(c3ccccc3)(c3ccccc3)O2)cc1. The van der Waals surface area contributed by atoms with Crippen molar-refractivity contribution in [2.75, 3.05) is 14.2 Å². The van der Waals surface area contributed by atoms with Gasteiger partial charge in [0.2, 0.25) is 0 Å². The van der Waals surface area contributed by atoms with Crippen molar-refractivity contribution >= 4 is 11.3 Å². The lowest BCUT2D eigenvalue weighted by molar-refractivity contribution is 0.116. The Bertz CT molecular complexity index is 1530. The number of benzene rings is 5. The molecular weight excluding hydrogens is 468 g/mol. The maximum absolute atomic E-state index is 7.36. The Morgan fingerprint density at radius 3 is 1.50 bits per heavy atom. The second-order valence-electron chi connectivity index (χ2n) is 9.22. The zero-order chi connectivity index (χ0) is 26.0. The van der Waals surface area contributed by atoms with Crippen LogP contribution in [0.1, 0.15) is 33.4 Å². The summed E-state index contributed by atoms with van der Waals surface area (Å²) in [6, 6.07) is 45.8. The molecule has 5 aromatic rings. The van der Waals surface area contributed by atoms with Crippen molar-refractivity contribution in [3.63, 3.8) is 0 Å². The molecule has 0 fully saturated rings. The van der Waals surface area contributed by atoms with Gasteiger partial charge < -0.3 is 14.2 Å². The Labute approximate surface area is 223 Å². The Morgan fingerprint density at radius 2 is 0.974 bits per heavy atom. The van der Waals surface area contributed by atoms with Crippen LogP contribution in [0.2, 0.25) is 0 Å². The fourth-order valence-corrected chi connectivity index (χ4v) is 5.32. The van der Waals surface area contributed by atoms with E-state index in [0.717, 1.165) is 56.2 Å². The van der Waals surface area contributed by atoms with Crippen LogP contribution in [0, 0.1) is 0 Å². The number of fused-ring (bicyclic) bond motifs is 1. The maximum atomic E-state index is 7.36. The van der Waals surface area contributed by atoms with E-state index in [9.17, 15) is 0 Å². The lowest BCUT2D eigenvalue weighted by atomic mass is 9.74. The van der Waals surface area contributed by atoms with Gasteiger partial charge in [0, 0.05) is 27.8 Å². The third-order valence-corrected chi connectivity index (χ3v) is 7.15. The Morgan fingerprint density at radius 1 is 0.500 bits per heavy atom. The molecule has 0 unspecified atom stereocenters. The summed E-state index contributed by atoms with van der Waals surface area (Å²) in [5.74, 6) is 2.42. The summed E-state index contributed by atoms with van der Waals surface area (Å²) < 4.78 is 18.3. The van der Waals surface area contributed by atoms with Crippen molar-refractivity contribution in [3.05, 3.63) is 167 Å². The zero-order valence-corrected chi connectivity index (χ0v) is 21.4. The molecule has 186 valence electrons. The minimum absolute atomic E-state index is 0.800. The van der Waals surface area contributed by atoms with E-state index in [1.54, 1.807) is 14.2 Å². The molecule has 0 bridgehead atoms. The second kappa shape index (κ2) is 9.95. The molecule has 1 aliphatic heterocycles. The van der Waals surface area contributed by atoms with E-state index < -0.39 is 5.60 Å². The number of hydrogen-bond acceptors (Lipinski definition) is 3. The van der Waals surface area contributed by atoms with Crippen LogP contribution in [0.25, 0.3) is 11.3 Å². The molecule has 0 radical (unpaired) electrons. The molecule has 0 saturated carbocycles. The molecule has 3 heteroatoms. The van der Waals surface area contributed by atoms with Crippen LogP contribution in [0.4, 0.5) is 0 Å². The normalized spacial score (nSPS) is 13.8. The van der Waals surface area contributed by atoms with Crippen molar-refractivity contribution in [2.24, 2.45) is 0 Å². The summed E-state index contributed by atoms with van der Waals surface area (Å²) in [5.41, 5.74) is 6.58. The van der Waals surface area contributed by atoms with Gasteiger partial charge in [-0.05, 0) is 47.5 Å². The smallest absolute Gasteiger partial charge is 0.185 e. The van der Waals surface area contributed by atoms with Crippen LogP contribution in [0.5, 0.6) is 11.5 Å². The van der Waals surface area contributed by atoms with Gasteiger partial charge in [0.05, 0.1) is 14.2 Å². The summed E-state index contributed by atoms with van der Waals surface area (Å²) >= 11 is 0. The molecule has 0 saturated heterocycles. The van der Waals surface area contributed by atoms with Gasteiger partial charge in [-0.3, -0.25) is 0 Å². The zero-order valence-electron chi connectivity index (χ0n) is 21.4. The minimum atomic E-state index is -0.843. The summed E-state index contributed by atoms with van der Waals surface area (Å²) in [7, 11) is 3.37. The van der Waals surface area contributed by atoms with E-state index in [-0.39, 0.29) is 0 Å². The molecule has 0 amide bonds. The second-order valence-corrected chi connectivity index (χ2v) is 9.22. The van der Waals surface area contributed by atoms with Crippen molar-refractivity contribution in [1.82, 2.24) is 0 Å². The molecule has 1 heterocycles. The lowest BCUT2D eigenvalue weighted by Gasteiger charge is -2.42. The number of ether oxygens (including phenoxy) is 3. The quantitative estimate of drug-likeness (QED) is 0.239. The summed E-state index contributed by atoms with van der Waals surface area (Å²) in [6.45, 7) is 0. The average Bonchev–Trinajstić information content (AvgIpc) is 3.01. The monoisotopic (exact) mass is 496 g/mol. The van der Waals surface area contributed by atoms with Crippen LogP contribution in [0.15, 0.2) is 133 Å². The van der Waals surface area contributed by atoms with Crippen LogP contribution in [0.3, 0.4) is 0 Å².